The predicted octanol–water partition coefficient (Wildman–Crippen LogP) is 3.29. The summed E-state index contributed by atoms with van der Waals surface area (Å²) in [5.41, 5.74) is 1.19. The lowest BCUT2D eigenvalue weighted by Gasteiger charge is -2.29. The van der Waals surface area contributed by atoms with Crippen molar-refractivity contribution in [2.45, 2.75) is 32.4 Å². The third-order valence-corrected chi connectivity index (χ3v) is 4.49. The first-order valence-electron chi connectivity index (χ1n) is 7.27. The number of hydrogen-bond donors (Lipinski definition) is 1. The molecule has 0 saturated heterocycles. The summed E-state index contributed by atoms with van der Waals surface area (Å²) < 4.78 is 5.19. The van der Waals surface area contributed by atoms with E-state index >= 15 is 0 Å². The van der Waals surface area contributed by atoms with Crippen LogP contribution in [0.4, 0.5) is 0 Å². The second-order valence-corrected chi connectivity index (χ2v) is 6.06. The van der Waals surface area contributed by atoms with Gasteiger partial charge in [-0.2, -0.15) is 0 Å². The Morgan fingerprint density at radius 2 is 2.24 bits per heavy atom. The normalized spacial score (nSPS) is 16.2. The van der Waals surface area contributed by atoms with Crippen LogP contribution in [-0.4, -0.2) is 42.3 Å². The van der Waals surface area contributed by atoms with E-state index in [0.29, 0.717) is 17.7 Å². The van der Waals surface area contributed by atoms with E-state index in [-0.39, 0.29) is 5.56 Å². The maximum absolute atomic E-state index is 10.9. The molecule has 1 unspecified atom stereocenters. The monoisotopic (exact) mass is 311 g/mol. The van der Waals surface area contributed by atoms with Gasteiger partial charge in [0.15, 0.2) is 0 Å². The zero-order valence-electron chi connectivity index (χ0n) is 12.5. The van der Waals surface area contributed by atoms with Crippen molar-refractivity contribution in [3.8, 4) is 0 Å². The van der Waals surface area contributed by atoms with Crippen LogP contribution in [0.25, 0.3) is 0 Å². The molecule has 2 rings (SSSR count). The Hall–Kier alpha value is -1.10. The van der Waals surface area contributed by atoms with E-state index in [4.69, 9.17) is 21.4 Å². The average Bonchev–Trinajstić information content (AvgIpc) is 3.28. The summed E-state index contributed by atoms with van der Waals surface area (Å²) in [4.78, 5) is 13.3. The van der Waals surface area contributed by atoms with Gasteiger partial charge in [-0.3, -0.25) is 4.90 Å². The first-order valence-corrected chi connectivity index (χ1v) is 7.65. The average molecular weight is 312 g/mol. The minimum atomic E-state index is -0.953. The molecular formula is C16H22ClNO3. The molecule has 116 valence electrons. The molecule has 1 atom stereocenters. The van der Waals surface area contributed by atoms with Crippen molar-refractivity contribution in [3.05, 3.63) is 34.3 Å². The van der Waals surface area contributed by atoms with E-state index in [2.05, 4.69) is 11.8 Å². The number of ether oxygens (including phenoxy) is 1. The molecule has 21 heavy (non-hydrogen) atoms. The minimum Gasteiger partial charge on any atom is -0.478 e. The minimum absolute atomic E-state index is 0.224. The standard InChI is InChI=1S/C16H22ClNO3/c1-11(12-3-4-12)18(7-8-21-2)10-14-6-5-13(16(19)20)9-15(14)17/h5-6,9,11-12H,3-4,7-8,10H2,1-2H3,(H,19,20). The molecule has 1 fully saturated rings. The van der Waals surface area contributed by atoms with Crippen molar-refractivity contribution in [1.29, 1.82) is 0 Å². The fraction of sp³-hybridized carbons (Fsp3) is 0.562. The fourth-order valence-electron chi connectivity index (χ4n) is 2.54. The highest BCUT2D eigenvalue weighted by molar-refractivity contribution is 6.31. The second-order valence-electron chi connectivity index (χ2n) is 5.65. The summed E-state index contributed by atoms with van der Waals surface area (Å²) in [5.74, 6) is -0.190. The van der Waals surface area contributed by atoms with Crippen LogP contribution in [0.3, 0.4) is 0 Å². The molecule has 0 spiro atoms. The van der Waals surface area contributed by atoms with Crippen LogP contribution in [0.15, 0.2) is 18.2 Å². The molecule has 0 bridgehead atoms. The van der Waals surface area contributed by atoms with Gasteiger partial charge in [0.1, 0.15) is 0 Å². The number of aromatic carboxylic acids is 1. The lowest BCUT2D eigenvalue weighted by Crippen LogP contribution is -2.36. The molecule has 1 aromatic rings. The number of nitrogens with zero attached hydrogens (tertiary/aromatic N) is 1. The van der Waals surface area contributed by atoms with Crippen LogP contribution in [0, 0.1) is 5.92 Å². The molecule has 1 N–H and O–H groups in total. The van der Waals surface area contributed by atoms with Crippen LogP contribution < -0.4 is 0 Å². The van der Waals surface area contributed by atoms with Gasteiger partial charge >= 0.3 is 5.97 Å². The van der Waals surface area contributed by atoms with E-state index in [1.807, 2.05) is 6.07 Å². The Morgan fingerprint density at radius 3 is 2.76 bits per heavy atom. The Bertz CT molecular complexity index is 502. The van der Waals surface area contributed by atoms with E-state index in [1.54, 1.807) is 13.2 Å². The van der Waals surface area contributed by atoms with E-state index in [0.717, 1.165) is 24.6 Å². The molecule has 1 aromatic carbocycles. The van der Waals surface area contributed by atoms with Crippen molar-refractivity contribution in [2.75, 3.05) is 20.3 Å². The highest BCUT2D eigenvalue weighted by Crippen LogP contribution is 2.36. The first kappa shape index (κ1) is 16.3. The van der Waals surface area contributed by atoms with Gasteiger partial charge < -0.3 is 9.84 Å². The summed E-state index contributed by atoms with van der Waals surface area (Å²) in [7, 11) is 1.70. The number of carboxylic acid groups (broad SMARTS) is 1. The largest absolute Gasteiger partial charge is 0.478 e. The lowest BCUT2D eigenvalue weighted by atomic mass is 10.1. The van der Waals surface area contributed by atoms with Gasteiger partial charge in [0.05, 0.1) is 12.2 Å². The van der Waals surface area contributed by atoms with Crippen molar-refractivity contribution >= 4 is 17.6 Å². The molecule has 1 aliphatic rings. The van der Waals surface area contributed by atoms with Crippen LogP contribution in [0.2, 0.25) is 5.02 Å². The first-order chi connectivity index (χ1) is 10.0. The molecule has 0 radical (unpaired) electrons. The number of carboxylic acids is 1. The van der Waals surface area contributed by atoms with E-state index < -0.39 is 5.97 Å². The van der Waals surface area contributed by atoms with Crippen molar-refractivity contribution < 1.29 is 14.6 Å². The number of rotatable bonds is 8. The number of halogens is 1. The molecule has 0 heterocycles. The number of hydrogen-bond acceptors (Lipinski definition) is 3. The summed E-state index contributed by atoms with van der Waals surface area (Å²) >= 11 is 6.23. The van der Waals surface area contributed by atoms with E-state index in [9.17, 15) is 4.79 Å². The summed E-state index contributed by atoms with van der Waals surface area (Å²) in [6, 6.07) is 5.44. The molecule has 1 saturated carbocycles. The van der Waals surface area contributed by atoms with Crippen LogP contribution >= 0.6 is 11.6 Å². The van der Waals surface area contributed by atoms with Crippen LogP contribution in [0.5, 0.6) is 0 Å². The second kappa shape index (κ2) is 7.25. The number of carbonyl (C=O) groups is 1. The topological polar surface area (TPSA) is 49.8 Å². The zero-order chi connectivity index (χ0) is 15.4. The van der Waals surface area contributed by atoms with Gasteiger partial charge in [-0.15, -0.1) is 0 Å². The Morgan fingerprint density at radius 1 is 1.52 bits per heavy atom. The van der Waals surface area contributed by atoms with Crippen molar-refractivity contribution in [1.82, 2.24) is 4.90 Å². The summed E-state index contributed by atoms with van der Waals surface area (Å²) in [5, 5.41) is 9.50. The number of benzene rings is 1. The zero-order valence-corrected chi connectivity index (χ0v) is 13.3. The molecule has 0 amide bonds. The van der Waals surface area contributed by atoms with Crippen LogP contribution in [-0.2, 0) is 11.3 Å². The maximum atomic E-state index is 10.9. The summed E-state index contributed by atoms with van der Waals surface area (Å²) in [6.07, 6.45) is 2.58. The van der Waals surface area contributed by atoms with Gasteiger partial charge in [-0.05, 0) is 43.4 Å². The van der Waals surface area contributed by atoms with Gasteiger partial charge in [-0.25, -0.2) is 4.79 Å². The van der Waals surface area contributed by atoms with E-state index in [1.165, 1.54) is 18.9 Å². The van der Waals surface area contributed by atoms with Crippen LogP contribution in [0.1, 0.15) is 35.7 Å². The van der Waals surface area contributed by atoms with Gasteiger partial charge in [0.25, 0.3) is 0 Å². The quantitative estimate of drug-likeness (QED) is 0.800. The lowest BCUT2D eigenvalue weighted by molar-refractivity contribution is 0.0697. The van der Waals surface area contributed by atoms with Crippen molar-refractivity contribution in [2.24, 2.45) is 5.92 Å². The smallest absolute Gasteiger partial charge is 0.335 e. The third-order valence-electron chi connectivity index (χ3n) is 4.14. The maximum Gasteiger partial charge on any atom is 0.335 e. The van der Waals surface area contributed by atoms with Crippen molar-refractivity contribution in [3.63, 3.8) is 0 Å². The number of methoxy groups -OCH3 is 1. The summed E-state index contributed by atoms with van der Waals surface area (Å²) in [6.45, 7) is 4.50. The third kappa shape index (κ3) is 4.43. The fourth-order valence-corrected chi connectivity index (χ4v) is 2.78. The molecule has 4 nitrogen and oxygen atoms in total. The van der Waals surface area contributed by atoms with Gasteiger partial charge in [0.2, 0.25) is 0 Å². The highest BCUT2D eigenvalue weighted by atomic mass is 35.5. The van der Waals surface area contributed by atoms with Gasteiger partial charge in [0, 0.05) is 31.3 Å². The molecule has 5 heteroatoms. The Kier molecular flexibility index (Phi) is 5.62. The highest BCUT2D eigenvalue weighted by Gasteiger charge is 2.32. The molecule has 0 aliphatic heterocycles. The Balaban J connectivity index is 2.09. The molecular weight excluding hydrogens is 290 g/mol. The SMILES string of the molecule is COCCN(Cc1ccc(C(=O)O)cc1Cl)C(C)C1CC1. The Labute approximate surface area is 130 Å². The predicted molar refractivity (Wildman–Crippen MR) is 82.9 cm³/mol. The molecule has 1 aliphatic carbocycles. The van der Waals surface area contributed by atoms with Gasteiger partial charge in [-0.1, -0.05) is 17.7 Å². The molecule has 0 aromatic heterocycles.